The molecule has 3 rings (SSSR count). The van der Waals surface area contributed by atoms with Crippen LogP contribution in [0, 0.1) is 12.3 Å². The van der Waals surface area contributed by atoms with Crippen LogP contribution in [-0.4, -0.2) is 36.7 Å². The van der Waals surface area contributed by atoms with E-state index in [9.17, 15) is 4.79 Å². The maximum absolute atomic E-state index is 13.3. The fraction of sp³-hybridized carbons (Fsp3) is 0.292. The quantitative estimate of drug-likeness (QED) is 0.373. The number of halogens is 1. The van der Waals surface area contributed by atoms with E-state index >= 15 is 0 Å². The molecule has 0 spiro atoms. The molecule has 0 radical (unpaired) electrons. The molecule has 0 amide bonds. The van der Waals surface area contributed by atoms with Crippen molar-refractivity contribution in [2.24, 2.45) is 5.10 Å². The molecule has 8 heteroatoms. The molecule has 7 nitrogen and oxygen atoms in total. The molecule has 0 atom stereocenters. The van der Waals surface area contributed by atoms with Gasteiger partial charge in [-0.25, -0.2) is 4.98 Å². The number of fused-ring (bicyclic) bond motifs is 1. The molecule has 0 aliphatic carbocycles. The van der Waals surface area contributed by atoms with Gasteiger partial charge in [0.05, 0.1) is 31.3 Å². The van der Waals surface area contributed by atoms with Crippen molar-refractivity contribution in [2.45, 2.75) is 26.2 Å². The fourth-order valence-electron chi connectivity index (χ4n) is 3.10. The zero-order valence-corrected chi connectivity index (χ0v) is 20.2. The fourth-order valence-corrected chi connectivity index (χ4v) is 3.46. The van der Waals surface area contributed by atoms with Crippen LogP contribution >= 0.6 is 15.9 Å². The number of nitrogens with zero attached hydrogens (tertiary/aromatic N) is 3. The zero-order chi connectivity index (χ0) is 23.5. The second-order valence-corrected chi connectivity index (χ2v) is 8.87. The van der Waals surface area contributed by atoms with Gasteiger partial charge in [0.1, 0.15) is 12.4 Å². The van der Waals surface area contributed by atoms with Crippen LogP contribution < -0.4 is 19.8 Å². The molecule has 0 aliphatic rings. The molecule has 1 heterocycles. The van der Waals surface area contributed by atoms with E-state index < -0.39 is 5.41 Å². The number of methoxy groups -OCH3 is 2. The Morgan fingerprint density at radius 1 is 1.19 bits per heavy atom. The van der Waals surface area contributed by atoms with Gasteiger partial charge in [0, 0.05) is 15.5 Å². The zero-order valence-electron chi connectivity index (χ0n) is 18.6. The normalized spacial score (nSPS) is 11.5. The van der Waals surface area contributed by atoms with E-state index in [1.165, 1.54) is 18.9 Å². The summed E-state index contributed by atoms with van der Waals surface area (Å²) in [5.41, 5.74) is 0.589. The average Bonchev–Trinajstić information content (AvgIpc) is 2.76. The minimum absolute atomic E-state index is 0.0722. The number of benzene rings is 2. The first-order valence-corrected chi connectivity index (χ1v) is 10.6. The minimum atomic E-state index is -0.417. The lowest BCUT2D eigenvalue weighted by molar-refractivity contribution is 0.304. The van der Waals surface area contributed by atoms with E-state index in [1.54, 1.807) is 24.4 Å². The van der Waals surface area contributed by atoms with Gasteiger partial charge >= 0.3 is 0 Å². The SMILES string of the molecule is C#CCOc1c(OC)cc(C=Nn2c(C(C)(C)C)nc3ccc(Br)cc3c2=O)cc1OC. The average molecular weight is 498 g/mol. The Kier molecular flexibility index (Phi) is 6.90. The van der Waals surface area contributed by atoms with E-state index in [-0.39, 0.29) is 12.2 Å². The topological polar surface area (TPSA) is 74.9 Å². The summed E-state index contributed by atoms with van der Waals surface area (Å²) in [5.74, 6) is 4.23. The van der Waals surface area contributed by atoms with Gasteiger partial charge < -0.3 is 14.2 Å². The number of rotatable bonds is 6. The number of aromatic nitrogens is 2. The second-order valence-electron chi connectivity index (χ2n) is 7.96. The Morgan fingerprint density at radius 2 is 1.84 bits per heavy atom. The van der Waals surface area contributed by atoms with Gasteiger partial charge in [0.2, 0.25) is 5.75 Å². The number of ether oxygens (including phenoxy) is 3. The molecule has 0 saturated carbocycles. The van der Waals surface area contributed by atoms with Crippen molar-refractivity contribution in [1.29, 1.82) is 0 Å². The van der Waals surface area contributed by atoms with Crippen molar-refractivity contribution in [3.8, 4) is 29.6 Å². The van der Waals surface area contributed by atoms with Crippen LogP contribution in [0.2, 0.25) is 0 Å². The molecule has 1 aromatic heterocycles. The van der Waals surface area contributed by atoms with Crippen LogP contribution in [0.1, 0.15) is 32.2 Å². The standard InChI is InChI=1S/C24H24BrN3O4/c1-7-10-32-21-19(30-5)11-15(12-20(21)31-6)14-26-28-22(29)17-13-16(25)8-9-18(17)27-23(28)24(2,3)4/h1,8-9,11-14H,10H2,2-6H3. The molecule has 0 saturated heterocycles. The molecule has 0 bridgehead atoms. The second kappa shape index (κ2) is 9.45. The van der Waals surface area contributed by atoms with Crippen LogP contribution in [-0.2, 0) is 5.41 Å². The summed E-state index contributed by atoms with van der Waals surface area (Å²) in [7, 11) is 3.04. The highest BCUT2D eigenvalue weighted by Crippen LogP contribution is 2.38. The van der Waals surface area contributed by atoms with Gasteiger partial charge in [-0.2, -0.15) is 9.78 Å². The minimum Gasteiger partial charge on any atom is -0.493 e. The van der Waals surface area contributed by atoms with Gasteiger partial charge in [-0.3, -0.25) is 4.79 Å². The Hall–Kier alpha value is -3.31. The molecule has 0 N–H and O–H groups in total. The molecule has 2 aromatic carbocycles. The molecule has 166 valence electrons. The highest BCUT2D eigenvalue weighted by Gasteiger charge is 2.23. The predicted molar refractivity (Wildman–Crippen MR) is 129 cm³/mol. The summed E-state index contributed by atoms with van der Waals surface area (Å²) in [6.07, 6.45) is 6.85. The first kappa shape index (κ1) is 23.4. The van der Waals surface area contributed by atoms with Gasteiger partial charge in [0.25, 0.3) is 5.56 Å². The van der Waals surface area contributed by atoms with Gasteiger partial charge in [-0.05, 0) is 30.3 Å². The van der Waals surface area contributed by atoms with Crippen molar-refractivity contribution in [2.75, 3.05) is 20.8 Å². The summed E-state index contributed by atoms with van der Waals surface area (Å²) >= 11 is 3.41. The maximum Gasteiger partial charge on any atom is 0.282 e. The molecule has 0 unspecified atom stereocenters. The van der Waals surface area contributed by atoms with Crippen LogP contribution in [0.25, 0.3) is 10.9 Å². The van der Waals surface area contributed by atoms with Crippen molar-refractivity contribution < 1.29 is 14.2 Å². The lowest BCUT2D eigenvalue weighted by Gasteiger charge is -2.21. The van der Waals surface area contributed by atoms with E-state index in [4.69, 9.17) is 25.6 Å². The van der Waals surface area contributed by atoms with Crippen molar-refractivity contribution in [3.63, 3.8) is 0 Å². The first-order valence-electron chi connectivity index (χ1n) is 9.79. The Balaban J connectivity index is 2.17. The van der Waals surface area contributed by atoms with Gasteiger partial charge in [-0.1, -0.05) is 42.6 Å². The number of hydrogen-bond donors (Lipinski definition) is 0. The van der Waals surface area contributed by atoms with Crippen LogP contribution in [0.4, 0.5) is 0 Å². The third-order valence-electron chi connectivity index (χ3n) is 4.58. The van der Waals surface area contributed by atoms with Crippen molar-refractivity contribution in [1.82, 2.24) is 9.66 Å². The summed E-state index contributed by atoms with van der Waals surface area (Å²) in [6.45, 7) is 6.02. The first-order chi connectivity index (χ1) is 15.2. The highest BCUT2D eigenvalue weighted by atomic mass is 79.9. The Morgan fingerprint density at radius 3 is 2.41 bits per heavy atom. The van der Waals surface area contributed by atoms with Crippen LogP contribution in [0.3, 0.4) is 0 Å². The number of terminal acetylenes is 1. The summed E-state index contributed by atoms with van der Waals surface area (Å²) in [6, 6.07) is 8.87. The van der Waals surface area contributed by atoms with E-state index in [1.807, 2.05) is 32.9 Å². The third-order valence-corrected chi connectivity index (χ3v) is 5.08. The number of hydrogen-bond acceptors (Lipinski definition) is 6. The Bertz CT molecular complexity index is 1260. The molecular formula is C24H24BrN3O4. The molecule has 3 aromatic rings. The van der Waals surface area contributed by atoms with E-state index in [2.05, 4.69) is 27.0 Å². The smallest absolute Gasteiger partial charge is 0.282 e. The highest BCUT2D eigenvalue weighted by molar-refractivity contribution is 9.10. The molecule has 0 aliphatic heterocycles. The third kappa shape index (κ3) is 4.78. The molecular weight excluding hydrogens is 474 g/mol. The van der Waals surface area contributed by atoms with Gasteiger partial charge in [-0.15, -0.1) is 6.42 Å². The monoisotopic (exact) mass is 497 g/mol. The maximum atomic E-state index is 13.3. The lowest BCUT2D eigenvalue weighted by Crippen LogP contribution is -2.29. The van der Waals surface area contributed by atoms with Crippen molar-refractivity contribution in [3.05, 3.63) is 56.5 Å². The van der Waals surface area contributed by atoms with Gasteiger partial charge in [0.15, 0.2) is 11.5 Å². The summed E-state index contributed by atoms with van der Waals surface area (Å²) < 4.78 is 18.5. The summed E-state index contributed by atoms with van der Waals surface area (Å²) in [5, 5.41) is 4.95. The Labute approximate surface area is 195 Å². The van der Waals surface area contributed by atoms with Crippen molar-refractivity contribution >= 4 is 33.0 Å². The van der Waals surface area contributed by atoms with Crippen LogP contribution in [0.5, 0.6) is 17.2 Å². The van der Waals surface area contributed by atoms with E-state index in [0.29, 0.717) is 39.5 Å². The molecule has 32 heavy (non-hydrogen) atoms. The largest absolute Gasteiger partial charge is 0.493 e. The predicted octanol–water partition coefficient (Wildman–Crippen LogP) is 4.37. The lowest BCUT2D eigenvalue weighted by atomic mass is 9.95. The molecule has 0 fully saturated rings. The van der Waals surface area contributed by atoms with Crippen LogP contribution in [0.15, 0.2) is 44.7 Å². The van der Waals surface area contributed by atoms with E-state index in [0.717, 1.165) is 4.47 Å². The summed E-state index contributed by atoms with van der Waals surface area (Å²) in [4.78, 5) is 18.0.